The third-order valence-corrected chi connectivity index (χ3v) is 6.62. The van der Waals surface area contributed by atoms with Crippen LogP contribution in [0.15, 0.2) is 150 Å². The van der Waals surface area contributed by atoms with Crippen molar-refractivity contribution in [3.63, 3.8) is 0 Å². The summed E-state index contributed by atoms with van der Waals surface area (Å²) in [7, 11) is 0. The normalized spacial score (nSPS) is 17.9. The van der Waals surface area contributed by atoms with Crippen molar-refractivity contribution in [2.24, 2.45) is 40.4 Å². The number of rotatable bonds is 4. The highest BCUT2D eigenvalue weighted by Crippen LogP contribution is 2.32. The third-order valence-electron chi connectivity index (χ3n) is 6.62. The minimum Gasteiger partial charge on any atom is -0.253 e. The summed E-state index contributed by atoms with van der Waals surface area (Å²) in [5, 5.41) is 18.4. The molecule has 0 unspecified atom stereocenters. The Morgan fingerprint density at radius 1 is 0.381 bits per heavy atom. The average molecular weight is 553 g/mol. The van der Waals surface area contributed by atoms with Crippen molar-refractivity contribution in [1.29, 1.82) is 0 Å². The summed E-state index contributed by atoms with van der Waals surface area (Å²) < 4.78 is 0. The first-order valence-electron chi connectivity index (χ1n) is 13.8. The topological polar surface area (TPSA) is 98.9 Å². The molecule has 1 heterocycles. The summed E-state index contributed by atoms with van der Waals surface area (Å²) in [6.45, 7) is 7.77. The quantitative estimate of drug-likeness (QED) is 0.225. The van der Waals surface area contributed by atoms with Crippen LogP contribution in [0.4, 0.5) is 34.1 Å². The van der Waals surface area contributed by atoms with Crippen molar-refractivity contribution >= 4 is 57.0 Å². The number of para-hydroxylation sites is 4. The molecular weight excluding hydrogens is 520 g/mol. The van der Waals surface area contributed by atoms with Gasteiger partial charge in [0, 0.05) is 22.8 Å². The number of azo groups is 2. The zero-order chi connectivity index (χ0) is 29.3. The minimum atomic E-state index is -0.489. The molecule has 42 heavy (non-hydrogen) atoms. The predicted octanol–water partition coefficient (Wildman–Crippen LogP) is 10.1. The molecule has 8 heteroatoms. The van der Waals surface area contributed by atoms with Crippen LogP contribution < -0.4 is 0 Å². The smallest absolute Gasteiger partial charge is 0.147 e. The Morgan fingerprint density at radius 3 is 0.929 bits per heavy atom. The molecule has 0 spiro atoms. The fourth-order valence-corrected chi connectivity index (χ4v) is 4.49. The molecule has 4 aromatic rings. The van der Waals surface area contributed by atoms with Crippen molar-refractivity contribution in [3.05, 3.63) is 109 Å². The molecule has 0 atom stereocenters. The molecule has 8 nitrogen and oxygen atoms in total. The van der Waals surface area contributed by atoms with Crippen molar-refractivity contribution in [3.8, 4) is 0 Å². The van der Waals surface area contributed by atoms with Crippen molar-refractivity contribution in [2.75, 3.05) is 0 Å². The molecule has 208 valence electrons. The number of aliphatic imine (C=N–C) groups is 4. The van der Waals surface area contributed by atoms with Gasteiger partial charge in [0.2, 0.25) is 0 Å². The van der Waals surface area contributed by atoms with Gasteiger partial charge in [-0.3, -0.25) is 20.0 Å². The molecule has 1 aliphatic heterocycles. The summed E-state index contributed by atoms with van der Waals surface area (Å²) in [4.78, 5) is 20.0. The molecular formula is C34H32N8. The lowest BCUT2D eigenvalue weighted by Crippen LogP contribution is -2.24. The van der Waals surface area contributed by atoms with Crippen LogP contribution in [0.25, 0.3) is 0 Å². The summed E-state index contributed by atoms with van der Waals surface area (Å²) in [5.74, 6) is 0. The van der Waals surface area contributed by atoms with Crippen LogP contribution in [0.5, 0.6) is 0 Å². The first-order chi connectivity index (χ1) is 20.5. The highest BCUT2D eigenvalue weighted by molar-refractivity contribution is 6.13. The number of hydrogen-bond donors (Lipinski definition) is 0. The van der Waals surface area contributed by atoms with Crippen LogP contribution in [0, 0.1) is 0 Å². The second kappa shape index (κ2) is 13.4. The maximum absolute atomic E-state index is 4.99. The fraction of sp³-hybridized carbons (Fsp3) is 0.176. The van der Waals surface area contributed by atoms with Crippen molar-refractivity contribution in [2.45, 2.75) is 39.8 Å². The van der Waals surface area contributed by atoms with Gasteiger partial charge in [-0.2, -0.15) is 20.5 Å². The van der Waals surface area contributed by atoms with Crippen LogP contribution in [0.2, 0.25) is 0 Å². The predicted molar refractivity (Wildman–Crippen MR) is 173 cm³/mol. The van der Waals surface area contributed by atoms with Gasteiger partial charge in [0.15, 0.2) is 0 Å². The second-order valence-corrected chi connectivity index (χ2v) is 9.90. The molecule has 0 radical (unpaired) electrons. The Morgan fingerprint density at radius 2 is 0.643 bits per heavy atom. The fourth-order valence-electron chi connectivity index (χ4n) is 4.49. The highest BCUT2D eigenvalue weighted by atomic mass is 15.2. The lowest BCUT2D eigenvalue weighted by atomic mass is 10.1. The summed E-state index contributed by atoms with van der Waals surface area (Å²) in [6, 6.07) is 33.9. The minimum absolute atomic E-state index is 0.489. The van der Waals surface area contributed by atoms with E-state index in [0.717, 1.165) is 34.2 Å². The maximum atomic E-state index is 4.99. The number of nitrogens with zero attached hydrogens (tertiary/aromatic N) is 8. The van der Waals surface area contributed by atoms with E-state index in [1.165, 1.54) is 0 Å². The van der Waals surface area contributed by atoms with Gasteiger partial charge in [-0.1, -0.05) is 60.7 Å². The van der Waals surface area contributed by atoms with Crippen LogP contribution >= 0.6 is 0 Å². The molecule has 0 bridgehead atoms. The van der Waals surface area contributed by atoms with Crippen molar-refractivity contribution in [1.82, 2.24) is 0 Å². The van der Waals surface area contributed by atoms with E-state index in [9.17, 15) is 0 Å². The molecule has 5 rings (SSSR count). The summed E-state index contributed by atoms with van der Waals surface area (Å²) in [5.41, 5.74) is 7.35. The molecule has 1 aliphatic rings. The van der Waals surface area contributed by atoms with Crippen LogP contribution in [-0.2, 0) is 0 Å². The van der Waals surface area contributed by atoms with E-state index in [-0.39, 0.29) is 0 Å². The van der Waals surface area contributed by atoms with Crippen LogP contribution in [0.1, 0.15) is 27.7 Å². The van der Waals surface area contributed by atoms with E-state index in [4.69, 9.17) is 30.2 Å². The van der Waals surface area contributed by atoms with E-state index in [1.54, 1.807) is 0 Å². The molecule has 0 fully saturated rings. The molecule has 0 amide bonds. The lowest BCUT2D eigenvalue weighted by molar-refractivity contribution is 0.984. The first-order valence-corrected chi connectivity index (χ1v) is 13.8. The van der Waals surface area contributed by atoms with Gasteiger partial charge in [0.25, 0.3) is 0 Å². The largest absolute Gasteiger partial charge is 0.253 e. The van der Waals surface area contributed by atoms with E-state index in [2.05, 4.69) is 10.2 Å². The Bertz CT molecular complexity index is 1510. The zero-order valence-electron chi connectivity index (χ0n) is 24.1. The van der Waals surface area contributed by atoms with Gasteiger partial charge in [0.1, 0.15) is 12.1 Å². The van der Waals surface area contributed by atoms with Gasteiger partial charge in [0.05, 0.1) is 34.1 Å². The molecule has 0 saturated carbocycles. The van der Waals surface area contributed by atoms with Gasteiger partial charge < -0.3 is 0 Å². The number of fused-ring (bicyclic) bond motifs is 2. The van der Waals surface area contributed by atoms with E-state index < -0.39 is 12.1 Å². The molecule has 4 aromatic carbocycles. The Balaban J connectivity index is 1.68. The molecule has 0 saturated heterocycles. The summed E-state index contributed by atoms with van der Waals surface area (Å²) in [6.07, 6.45) is 0. The highest BCUT2D eigenvalue weighted by Gasteiger charge is 2.20. The standard InChI is InChI=1S/C34H32N8/c1-23-33(41-39-27-15-7-5-8-16-27)24(2)36-31-21-13-14-22-32(31)38-26(4)34(42-40-28-17-9-6-10-18-28)25(3)37-30-20-12-11-19-29(30)35-23/h5-22,33-34H,1-4H3. The van der Waals surface area contributed by atoms with E-state index >= 15 is 0 Å². The Hall–Kier alpha value is -5.24. The Kier molecular flexibility index (Phi) is 9.03. The van der Waals surface area contributed by atoms with Gasteiger partial charge >= 0.3 is 0 Å². The monoisotopic (exact) mass is 552 g/mol. The average Bonchev–Trinajstić information content (AvgIpc) is 3.00. The van der Waals surface area contributed by atoms with E-state index in [0.29, 0.717) is 22.7 Å². The summed E-state index contributed by atoms with van der Waals surface area (Å²) >= 11 is 0. The van der Waals surface area contributed by atoms with Crippen LogP contribution in [-0.4, -0.2) is 34.9 Å². The zero-order valence-corrected chi connectivity index (χ0v) is 24.1. The van der Waals surface area contributed by atoms with Gasteiger partial charge in [-0.05, 0) is 76.2 Å². The Labute approximate surface area is 246 Å². The molecule has 0 aromatic heterocycles. The second-order valence-electron chi connectivity index (χ2n) is 9.90. The van der Waals surface area contributed by atoms with Crippen LogP contribution in [0.3, 0.4) is 0 Å². The third kappa shape index (κ3) is 7.09. The SMILES string of the molecule is CC1=Nc2ccccc2N=C(C)C(N=Nc2ccccc2)C(C)=Nc2ccccc2N=C(C)C1N=Nc1ccccc1. The lowest BCUT2D eigenvalue weighted by Gasteiger charge is -2.16. The first kappa shape index (κ1) is 28.3. The van der Waals surface area contributed by atoms with Crippen molar-refractivity contribution < 1.29 is 0 Å². The van der Waals surface area contributed by atoms with Gasteiger partial charge in [-0.25, -0.2) is 0 Å². The number of benzene rings is 4. The van der Waals surface area contributed by atoms with E-state index in [1.807, 2.05) is 137 Å². The molecule has 0 aliphatic carbocycles. The maximum Gasteiger partial charge on any atom is 0.147 e. The molecule has 0 N–H and O–H groups in total. The number of hydrogen-bond acceptors (Lipinski definition) is 8. The van der Waals surface area contributed by atoms with Gasteiger partial charge in [-0.15, -0.1) is 0 Å².